The van der Waals surface area contributed by atoms with Crippen molar-refractivity contribution in [2.24, 2.45) is 5.92 Å². The van der Waals surface area contributed by atoms with Crippen LogP contribution in [-0.2, 0) is 14.8 Å². The molecule has 144 valence electrons. The highest BCUT2D eigenvalue weighted by atomic mass is 32.2. The summed E-state index contributed by atoms with van der Waals surface area (Å²) in [7, 11) is -3.51. The van der Waals surface area contributed by atoms with Gasteiger partial charge < -0.3 is 10.1 Å². The predicted molar refractivity (Wildman–Crippen MR) is 102 cm³/mol. The molecule has 1 heterocycles. The van der Waals surface area contributed by atoms with Crippen molar-refractivity contribution in [1.29, 1.82) is 0 Å². The molecule has 0 saturated heterocycles. The molecule has 0 radical (unpaired) electrons. The molecule has 0 aromatic heterocycles. The number of hydrogen-bond donors (Lipinski definition) is 1. The minimum absolute atomic E-state index is 0.0294. The second-order valence-corrected chi connectivity index (χ2v) is 9.12. The maximum absolute atomic E-state index is 13.1. The lowest BCUT2D eigenvalue weighted by molar-refractivity contribution is -0.127. The van der Waals surface area contributed by atoms with Gasteiger partial charge in [-0.15, -0.1) is 0 Å². The first-order valence-corrected chi connectivity index (χ1v) is 11.2. The van der Waals surface area contributed by atoms with Crippen molar-refractivity contribution in [3.63, 3.8) is 0 Å². The molecule has 1 atom stereocenters. The highest BCUT2D eigenvalue weighted by Gasteiger charge is 2.37. The summed E-state index contributed by atoms with van der Waals surface area (Å²) >= 11 is 0. The Morgan fingerprint density at radius 1 is 1.23 bits per heavy atom. The zero-order valence-corrected chi connectivity index (χ0v) is 16.1. The Hall–Kier alpha value is -1.76. The first-order valence-electron chi connectivity index (χ1n) is 9.55. The van der Waals surface area contributed by atoms with Gasteiger partial charge in [0.05, 0.1) is 18.0 Å². The van der Waals surface area contributed by atoms with Crippen molar-refractivity contribution < 1.29 is 17.9 Å². The first kappa shape index (κ1) is 19.0. The highest BCUT2D eigenvalue weighted by Crippen LogP contribution is 2.36. The maximum Gasteiger partial charge on any atom is 0.263 e. The monoisotopic (exact) mass is 380 g/mol. The van der Waals surface area contributed by atoms with Gasteiger partial charge in [0.15, 0.2) is 6.10 Å². The number of nitrogens with one attached hydrogen (secondary N) is 1. The number of amides is 1. The molecule has 1 saturated carbocycles. The Kier molecular flexibility index (Phi) is 6.06. The standard InChI is InChI=1S/C19H28N2O4S/c1-2-12-20-19(22)18-13-21(16-10-6-7-11-17(16)25-18)26(23,24)14-15-8-4-3-5-9-15/h6-7,10-11,15,18H,2-5,8-9,12-14H2,1H3,(H,20,22). The third kappa shape index (κ3) is 4.31. The summed E-state index contributed by atoms with van der Waals surface area (Å²) in [5.74, 6) is 0.530. The topological polar surface area (TPSA) is 75.7 Å². The molecule has 1 unspecified atom stereocenters. The lowest BCUT2D eigenvalue weighted by Crippen LogP contribution is -2.51. The van der Waals surface area contributed by atoms with Gasteiger partial charge in [-0.3, -0.25) is 9.10 Å². The Morgan fingerprint density at radius 3 is 2.69 bits per heavy atom. The van der Waals surface area contributed by atoms with Gasteiger partial charge in [0.2, 0.25) is 10.0 Å². The number of hydrogen-bond acceptors (Lipinski definition) is 4. The van der Waals surface area contributed by atoms with E-state index in [0.29, 0.717) is 18.0 Å². The number of fused-ring (bicyclic) bond motifs is 1. The van der Waals surface area contributed by atoms with Crippen molar-refractivity contribution in [2.45, 2.75) is 51.6 Å². The molecule has 0 spiro atoms. The van der Waals surface area contributed by atoms with Crippen LogP contribution in [0.4, 0.5) is 5.69 Å². The fourth-order valence-corrected chi connectivity index (χ4v) is 5.63. The van der Waals surface area contributed by atoms with Crippen molar-refractivity contribution in [3.8, 4) is 5.75 Å². The zero-order valence-electron chi connectivity index (χ0n) is 15.3. The Labute approximate surface area is 156 Å². The van der Waals surface area contributed by atoms with Crippen molar-refractivity contribution >= 4 is 21.6 Å². The minimum Gasteiger partial charge on any atom is -0.476 e. The maximum atomic E-state index is 13.1. The van der Waals surface area contributed by atoms with E-state index in [1.54, 1.807) is 24.3 Å². The van der Waals surface area contributed by atoms with E-state index in [2.05, 4.69) is 5.32 Å². The molecular formula is C19H28N2O4S. The summed E-state index contributed by atoms with van der Waals surface area (Å²) < 4.78 is 33.4. The molecule has 1 aliphatic heterocycles. The highest BCUT2D eigenvalue weighted by molar-refractivity contribution is 7.92. The number of carbonyl (C=O) groups is 1. The van der Waals surface area contributed by atoms with E-state index in [-0.39, 0.29) is 24.1 Å². The number of benzene rings is 1. The largest absolute Gasteiger partial charge is 0.476 e. The number of para-hydroxylation sites is 2. The average Bonchev–Trinajstić information content (AvgIpc) is 2.65. The molecule has 1 amide bonds. The minimum atomic E-state index is -3.51. The van der Waals surface area contributed by atoms with E-state index < -0.39 is 16.1 Å². The summed E-state index contributed by atoms with van der Waals surface area (Å²) in [4.78, 5) is 12.4. The number of ether oxygens (including phenoxy) is 1. The van der Waals surface area contributed by atoms with E-state index in [1.807, 2.05) is 6.92 Å². The third-order valence-electron chi connectivity index (χ3n) is 5.08. The van der Waals surface area contributed by atoms with Gasteiger partial charge in [0.25, 0.3) is 5.91 Å². The van der Waals surface area contributed by atoms with Crippen LogP contribution >= 0.6 is 0 Å². The van der Waals surface area contributed by atoms with Crippen molar-refractivity contribution in [2.75, 3.05) is 23.1 Å². The summed E-state index contributed by atoms with van der Waals surface area (Å²) in [6.45, 7) is 2.55. The van der Waals surface area contributed by atoms with Crippen LogP contribution in [0.15, 0.2) is 24.3 Å². The van der Waals surface area contributed by atoms with E-state index in [1.165, 1.54) is 10.7 Å². The fraction of sp³-hybridized carbons (Fsp3) is 0.632. The molecule has 1 aromatic carbocycles. The summed E-state index contributed by atoms with van der Waals surface area (Å²) in [5.41, 5.74) is 0.530. The van der Waals surface area contributed by atoms with E-state index in [4.69, 9.17) is 4.74 Å². The number of nitrogens with zero attached hydrogens (tertiary/aromatic N) is 1. The Bertz CT molecular complexity index is 729. The molecule has 1 aliphatic carbocycles. The third-order valence-corrected chi connectivity index (χ3v) is 6.99. The molecule has 0 bridgehead atoms. The molecule has 1 aromatic rings. The van der Waals surface area contributed by atoms with Crippen LogP contribution in [0.1, 0.15) is 45.4 Å². The average molecular weight is 381 g/mol. The van der Waals surface area contributed by atoms with Crippen LogP contribution in [-0.4, -0.2) is 39.3 Å². The number of rotatable bonds is 6. The number of anilines is 1. The van der Waals surface area contributed by atoms with Gasteiger partial charge in [-0.2, -0.15) is 0 Å². The van der Waals surface area contributed by atoms with E-state index >= 15 is 0 Å². The molecule has 26 heavy (non-hydrogen) atoms. The van der Waals surface area contributed by atoms with Crippen LogP contribution in [0, 0.1) is 5.92 Å². The molecule has 2 aliphatic rings. The smallest absolute Gasteiger partial charge is 0.263 e. The number of carbonyl (C=O) groups excluding carboxylic acids is 1. The second-order valence-electron chi connectivity index (χ2n) is 7.18. The predicted octanol–water partition coefficient (Wildman–Crippen LogP) is 2.69. The van der Waals surface area contributed by atoms with Crippen LogP contribution < -0.4 is 14.4 Å². The molecule has 3 rings (SSSR count). The van der Waals surface area contributed by atoms with Crippen LogP contribution in [0.5, 0.6) is 5.75 Å². The van der Waals surface area contributed by atoms with Crippen LogP contribution in [0.3, 0.4) is 0 Å². The molecule has 1 fully saturated rings. The summed E-state index contributed by atoms with van der Waals surface area (Å²) in [5, 5.41) is 2.80. The van der Waals surface area contributed by atoms with Crippen LogP contribution in [0.25, 0.3) is 0 Å². The van der Waals surface area contributed by atoms with Crippen molar-refractivity contribution in [1.82, 2.24) is 5.32 Å². The summed E-state index contributed by atoms with van der Waals surface area (Å²) in [6, 6.07) is 7.05. The normalized spacial score (nSPS) is 21.0. The Balaban J connectivity index is 1.82. The lowest BCUT2D eigenvalue weighted by Gasteiger charge is -2.35. The van der Waals surface area contributed by atoms with E-state index in [9.17, 15) is 13.2 Å². The second kappa shape index (κ2) is 8.29. The molecule has 6 nitrogen and oxygen atoms in total. The zero-order chi connectivity index (χ0) is 18.6. The fourth-order valence-electron chi connectivity index (χ4n) is 3.71. The van der Waals surface area contributed by atoms with Gasteiger partial charge in [0, 0.05) is 6.54 Å². The number of sulfonamides is 1. The quantitative estimate of drug-likeness (QED) is 0.823. The summed E-state index contributed by atoms with van der Waals surface area (Å²) in [6.07, 6.45) is 5.31. The van der Waals surface area contributed by atoms with E-state index in [0.717, 1.165) is 32.1 Å². The molecule has 7 heteroatoms. The molecule has 1 N–H and O–H groups in total. The van der Waals surface area contributed by atoms with Gasteiger partial charge >= 0.3 is 0 Å². The van der Waals surface area contributed by atoms with Gasteiger partial charge in [-0.05, 0) is 37.3 Å². The van der Waals surface area contributed by atoms with Gasteiger partial charge in [-0.25, -0.2) is 8.42 Å². The lowest BCUT2D eigenvalue weighted by atomic mass is 9.91. The van der Waals surface area contributed by atoms with Crippen LogP contribution in [0.2, 0.25) is 0 Å². The SMILES string of the molecule is CCCNC(=O)C1CN(S(=O)(=O)CC2CCCCC2)c2ccccc2O1. The first-order chi connectivity index (χ1) is 12.5. The molecular weight excluding hydrogens is 352 g/mol. The van der Waals surface area contributed by atoms with Gasteiger partial charge in [-0.1, -0.05) is 38.3 Å². The Morgan fingerprint density at radius 2 is 1.96 bits per heavy atom. The van der Waals surface area contributed by atoms with Gasteiger partial charge in [0.1, 0.15) is 5.75 Å². The van der Waals surface area contributed by atoms with Crippen molar-refractivity contribution in [3.05, 3.63) is 24.3 Å².